The topological polar surface area (TPSA) is 60.2 Å². The first-order chi connectivity index (χ1) is 11.6. The standard InChI is InChI=1S/C18H24N4O2/c1-4-24-17-9-7-15(8-10-17)18(23)21-11-5-6-16(12-21)22-14(3)19-13(2)20-22/h7-10,16H,4-6,11-12H2,1-3H3/t16-/m1/s1. The van der Waals surface area contributed by atoms with E-state index in [1.807, 2.05) is 54.6 Å². The van der Waals surface area contributed by atoms with Crippen molar-refractivity contribution in [2.45, 2.75) is 39.7 Å². The van der Waals surface area contributed by atoms with Gasteiger partial charge in [-0.25, -0.2) is 9.67 Å². The fourth-order valence-electron chi connectivity index (χ4n) is 3.26. The summed E-state index contributed by atoms with van der Waals surface area (Å²) in [5.41, 5.74) is 0.700. The molecule has 1 aliphatic heterocycles. The minimum atomic E-state index is 0.0669. The van der Waals surface area contributed by atoms with Gasteiger partial charge in [0.2, 0.25) is 0 Å². The van der Waals surface area contributed by atoms with Crippen LogP contribution in [0.2, 0.25) is 0 Å². The second-order valence-electron chi connectivity index (χ2n) is 6.16. The number of ether oxygens (including phenoxy) is 1. The van der Waals surface area contributed by atoms with E-state index in [1.54, 1.807) is 0 Å². The Bertz CT molecular complexity index is 708. The van der Waals surface area contributed by atoms with Crippen molar-refractivity contribution in [2.75, 3.05) is 19.7 Å². The van der Waals surface area contributed by atoms with Crippen LogP contribution in [0.5, 0.6) is 5.75 Å². The summed E-state index contributed by atoms with van der Waals surface area (Å²) in [4.78, 5) is 19.1. The van der Waals surface area contributed by atoms with E-state index in [-0.39, 0.29) is 11.9 Å². The number of carbonyl (C=O) groups is 1. The zero-order chi connectivity index (χ0) is 17.1. The van der Waals surface area contributed by atoms with Crippen molar-refractivity contribution in [1.29, 1.82) is 0 Å². The molecule has 0 radical (unpaired) electrons. The zero-order valence-corrected chi connectivity index (χ0v) is 14.5. The Labute approximate surface area is 142 Å². The lowest BCUT2D eigenvalue weighted by atomic mass is 10.0. The molecule has 0 N–H and O–H groups in total. The molecule has 0 aliphatic carbocycles. The average Bonchev–Trinajstić information content (AvgIpc) is 2.94. The van der Waals surface area contributed by atoms with Gasteiger partial charge < -0.3 is 9.64 Å². The Kier molecular flexibility index (Phi) is 4.83. The normalized spacial score (nSPS) is 17.8. The van der Waals surface area contributed by atoms with Gasteiger partial charge in [-0.15, -0.1) is 0 Å². The third-order valence-electron chi connectivity index (χ3n) is 4.35. The van der Waals surface area contributed by atoms with Crippen LogP contribution in [-0.2, 0) is 0 Å². The van der Waals surface area contributed by atoms with Crippen LogP contribution in [0.25, 0.3) is 0 Å². The molecule has 0 spiro atoms. The molecule has 1 aliphatic rings. The van der Waals surface area contributed by atoms with Gasteiger partial charge in [-0.05, 0) is 57.9 Å². The minimum absolute atomic E-state index is 0.0669. The van der Waals surface area contributed by atoms with Crippen LogP contribution in [0, 0.1) is 13.8 Å². The number of piperidine rings is 1. The van der Waals surface area contributed by atoms with Gasteiger partial charge in [-0.2, -0.15) is 5.10 Å². The molecule has 2 aromatic rings. The molecule has 1 atom stereocenters. The number of hydrogen-bond acceptors (Lipinski definition) is 4. The molecule has 0 bridgehead atoms. The molecule has 1 aromatic heterocycles. The molecule has 0 unspecified atom stereocenters. The first-order valence-corrected chi connectivity index (χ1v) is 8.50. The minimum Gasteiger partial charge on any atom is -0.494 e. The van der Waals surface area contributed by atoms with Gasteiger partial charge in [-0.1, -0.05) is 0 Å². The number of hydrogen-bond donors (Lipinski definition) is 0. The Morgan fingerprint density at radius 3 is 2.67 bits per heavy atom. The molecule has 6 heteroatoms. The lowest BCUT2D eigenvalue weighted by molar-refractivity contribution is 0.0671. The number of carbonyl (C=O) groups excluding carboxylic acids is 1. The molecule has 6 nitrogen and oxygen atoms in total. The van der Waals surface area contributed by atoms with Crippen molar-refractivity contribution in [2.24, 2.45) is 0 Å². The monoisotopic (exact) mass is 328 g/mol. The summed E-state index contributed by atoms with van der Waals surface area (Å²) in [6, 6.07) is 7.57. The number of aromatic nitrogens is 3. The van der Waals surface area contributed by atoms with Gasteiger partial charge in [0.05, 0.1) is 12.6 Å². The first-order valence-electron chi connectivity index (χ1n) is 8.50. The van der Waals surface area contributed by atoms with Crippen molar-refractivity contribution in [3.63, 3.8) is 0 Å². The van der Waals surface area contributed by atoms with Gasteiger partial charge in [0.15, 0.2) is 0 Å². The quantitative estimate of drug-likeness (QED) is 0.866. The van der Waals surface area contributed by atoms with Crippen molar-refractivity contribution in [3.8, 4) is 5.75 Å². The summed E-state index contributed by atoms with van der Waals surface area (Å²) >= 11 is 0. The summed E-state index contributed by atoms with van der Waals surface area (Å²) in [5, 5.41) is 4.48. The number of amides is 1. The number of likely N-dealkylation sites (tertiary alicyclic amines) is 1. The molecule has 1 amide bonds. The Morgan fingerprint density at radius 1 is 1.29 bits per heavy atom. The molecular formula is C18H24N4O2. The molecule has 1 saturated heterocycles. The predicted octanol–water partition coefficient (Wildman–Crippen LogP) is 2.77. The maximum atomic E-state index is 12.8. The SMILES string of the molecule is CCOc1ccc(C(=O)N2CCC[C@@H](n3nc(C)nc3C)C2)cc1. The summed E-state index contributed by atoms with van der Waals surface area (Å²) < 4.78 is 7.40. The van der Waals surface area contributed by atoms with Gasteiger partial charge in [0.25, 0.3) is 5.91 Å². The largest absolute Gasteiger partial charge is 0.494 e. The van der Waals surface area contributed by atoms with E-state index in [2.05, 4.69) is 10.1 Å². The van der Waals surface area contributed by atoms with E-state index < -0.39 is 0 Å². The number of aryl methyl sites for hydroxylation is 2. The summed E-state index contributed by atoms with van der Waals surface area (Å²) in [6.45, 7) is 7.89. The molecule has 128 valence electrons. The second kappa shape index (κ2) is 7.03. The molecule has 3 rings (SSSR count). The second-order valence-corrected chi connectivity index (χ2v) is 6.16. The van der Waals surface area contributed by atoms with E-state index in [9.17, 15) is 4.79 Å². The van der Waals surface area contributed by atoms with E-state index >= 15 is 0 Å². The number of rotatable bonds is 4. The third-order valence-corrected chi connectivity index (χ3v) is 4.35. The van der Waals surface area contributed by atoms with E-state index in [1.165, 1.54) is 0 Å². The Hall–Kier alpha value is -2.37. The maximum Gasteiger partial charge on any atom is 0.253 e. The summed E-state index contributed by atoms with van der Waals surface area (Å²) in [6.07, 6.45) is 2.00. The molecule has 24 heavy (non-hydrogen) atoms. The highest BCUT2D eigenvalue weighted by molar-refractivity contribution is 5.94. The van der Waals surface area contributed by atoms with Crippen molar-refractivity contribution < 1.29 is 9.53 Å². The number of nitrogens with zero attached hydrogens (tertiary/aromatic N) is 4. The highest BCUT2D eigenvalue weighted by Crippen LogP contribution is 2.24. The van der Waals surface area contributed by atoms with Crippen molar-refractivity contribution in [3.05, 3.63) is 41.5 Å². The van der Waals surface area contributed by atoms with Crippen LogP contribution in [-0.4, -0.2) is 45.3 Å². The molecular weight excluding hydrogens is 304 g/mol. The fourth-order valence-corrected chi connectivity index (χ4v) is 3.26. The van der Waals surface area contributed by atoms with Gasteiger partial charge >= 0.3 is 0 Å². The average molecular weight is 328 g/mol. The molecule has 1 fully saturated rings. The van der Waals surface area contributed by atoms with Crippen LogP contribution < -0.4 is 4.74 Å². The van der Waals surface area contributed by atoms with Crippen LogP contribution in [0.1, 0.15) is 47.8 Å². The van der Waals surface area contributed by atoms with Crippen LogP contribution in [0.15, 0.2) is 24.3 Å². The third kappa shape index (κ3) is 3.42. The zero-order valence-electron chi connectivity index (χ0n) is 14.5. The first kappa shape index (κ1) is 16.5. The Morgan fingerprint density at radius 2 is 2.04 bits per heavy atom. The molecule has 0 saturated carbocycles. The van der Waals surface area contributed by atoms with Crippen LogP contribution in [0.4, 0.5) is 0 Å². The highest BCUT2D eigenvalue weighted by Gasteiger charge is 2.27. The van der Waals surface area contributed by atoms with Gasteiger partial charge in [0.1, 0.15) is 17.4 Å². The van der Waals surface area contributed by atoms with Gasteiger partial charge in [-0.3, -0.25) is 4.79 Å². The highest BCUT2D eigenvalue weighted by atomic mass is 16.5. The van der Waals surface area contributed by atoms with Crippen molar-refractivity contribution in [1.82, 2.24) is 19.7 Å². The van der Waals surface area contributed by atoms with E-state index in [4.69, 9.17) is 4.74 Å². The lowest BCUT2D eigenvalue weighted by Gasteiger charge is -2.33. The lowest BCUT2D eigenvalue weighted by Crippen LogP contribution is -2.41. The predicted molar refractivity (Wildman–Crippen MR) is 91.3 cm³/mol. The number of benzene rings is 1. The van der Waals surface area contributed by atoms with Crippen LogP contribution >= 0.6 is 0 Å². The van der Waals surface area contributed by atoms with E-state index in [0.29, 0.717) is 18.7 Å². The van der Waals surface area contributed by atoms with Crippen molar-refractivity contribution >= 4 is 5.91 Å². The smallest absolute Gasteiger partial charge is 0.253 e. The summed E-state index contributed by atoms with van der Waals surface area (Å²) in [5.74, 6) is 2.55. The van der Waals surface area contributed by atoms with Crippen LogP contribution in [0.3, 0.4) is 0 Å². The maximum absolute atomic E-state index is 12.8. The van der Waals surface area contributed by atoms with Gasteiger partial charge in [0, 0.05) is 18.7 Å². The Balaban J connectivity index is 1.72. The summed E-state index contributed by atoms with van der Waals surface area (Å²) in [7, 11) is 0. The molecule has 2 heterocycles. The molecule has 1 aromatic carbocycles. The fraction of sp³-hybridized carbons (Fsp3) is 0.500. The van der Waals surface area contributed by atoms with E-state index in [0.717, 1.165) is 36.8 Å².